The molecule has 4 N–H and O–H groups in total. The Morgan fingerprint density at radius 1 is 1.26 bits per heavy atom. The minimum atomic E-state index is 0.188. The van der Waals surface area contributed by atoms with Gasteiger partial charge in [-0.3, -0.25) is 9.89 Å². The van der Waals surface area contributed by atoms with Crippen molar-refractivity contribution >= 4 is 11.7 Å². The fourth-order valence-corrected chi connectivity index (χ4v) is 3.88. The molecule has 0 atom stereocenters. The molecule has 0 aliphatic heterocycles. The van der Waals surface area contributed by atoms with E-state index in [0.717, 1.165) is 31.4 Å². The van der Waals surface area contributed by atoms with Crippen LogP contribution in [-0.4, -0.2) is 22.1 Å². The molecule has 5 heteroatoms. The van der Waals surface area contributed by atoms with Crippen molar-refractivity contribution in [2.45, 2.75) is 44.1 Å². The number of hydrogen-bond acceptors (Lipinski definition) is 3. The zero-order valence-electron chi connectivity index (χ0n) is 13.1. The van der Waals surface area contributed by atoms with Gasteiger partial charge in [0, 0.05) is 24.4 Å². The Morgan fingerprint density at radius 3 is 2.57 bits per heavy atom. The van der Waals surface area contributed by atoms with Crippen LogP contribution in [0.2, 0.25) is 0 Å². The molecule has 120 valence electrons. The molecular weight excluding hydrogens is 288 g/mol. The average molecular weight is 310 g/mol. The molecule has 1 aromatic carbocycles. The molecule has 23 heavy (non-hydrogen) atoms. The Kier molecular flexibility index (Phi) is 3.56. The van der Waals surface area contributed by atoms with E-state index in [4.69, 9.17) is 5.73 Å². The maximum Gasteiger partial charge on any atom is 0.220 e. The van der Waals surface area contributed by atoms with Crippen LogP contribution in [0.4, 0.5) is 5.82 Å². The molecule has 0 spiro atoms. The van der Waals surface area contributed by atoms with Crippen LogP contribution >= 0.6 is 0 Å². The number of aromatic nitrogens is 2. The highest BCUT2D eigenvalue weighted by molar-refractivity contribution is 5.77. The summed E-state index contributed by atoms with van der Waals surface area (Å²) < 4.78 is 0. The smallest absolute Gasteiger partial charge is 0.220 e. The van der Waals surface area contributed by atoms with Gasteiger partial charge in [0.05, 0.1) is 5.69 Å². The number of nitrogens with one attached hydrogen (secondary N) is 2. The predicted octanol–water partition coefficient (Wildman–Crippen LogP) is 2.16. The molecule has 2 aliphatic rings. The van der Waals surface area contributed by atoms with Crippen LogP contribution in [0.25, 0.3) is 0 Å². The molecule has 0 unspecified atom stereocenters. The van der Waals surface area contributed by atoms with Crippen molar-refractivity contribution < 1.29 is 4.79 Å². The number of benzene rings is 1. The van der Waals surface area contributed by atoms with Gasteiger partial charge in [0.2, 0.25) is 5.91 Å². The first kappa shape index (κ1) is 14.3. The zero-order valence-corrected chi connectivity index (χ0v) is 13.1. The second-order valence-electron chi connectivity index (χ2n) is 6.93. The van der Waals surface area contributed by atoms with Crippen LogP contribution in [0, 0.1) is 5.92 Å². The van der Waals surface area contributed by atoms with Crippen LogP contribution in [0.5, 0.6) is 0 Å². The van der Waals surface area contributed by atoms with Crippen LogP contribution in [-0.2, 0) is 17.6 Å². The molecule has 0 radical (unpaired) electrons. The number of aromatic amines is 1. The van der Waals surface area contributed by atoms with E-state index in [9.17, 15) is 4.79 Å². The number of carbonyl (C=O) groups excluding carboxylic acids is 1. The summed E-state index contributed by atoms with van der Waals surface area (Å²) >= 11 is 0. The normalized spacial score (nSPS) is 23.3. The quantitative estimate of drug-likeness (QED) is 0.809. The van der Waals surface area contributed by atoms with E-state index in [1.165, 1.54) is 11.1 Å². The monoisotopic (exact) mass is 310 g/mol. The highest BCUT2D eigenvalue weighted by atomic mass is 16.1. The number of amides is 1. The Labute approximate surface area is 135 Å². The van der Waals surface area contributed by atoms with E-state index in [1.807, 2.05) is 6.07 Å². The van der Waals surface area contributed by atoms with Crippen molar-refractivity contribution in [2.75, 3.05) is 5.73 Å². The fraction of sp³-hybridized carbons (Fsp3) is 0.444. The third-order valence-electron chi connectivity index (χ3n) is 5.15. The molecule has 1 heterocycles. The van der Waals surface area contributed by atoms with E-state index in [1.54, 1.807) is 0 Å². The second kappa shape index (κ2) is 5.72. The maximum atomic E-state index is 12.2. The van der Waals surface area contributed by atoms with Gasteiger partial charge in [-0.1, -0.05) is 24.3 Å². The van der Waals surface area contributed by atoms with Gasteiger partial charge in [0.15, 0.2) is 0 Å². The third kappa shape index (κ3) is 2.96. The van der Waals surface area contributed by atoms with Gasteiger partial charge in [-0.05, 0) is 42.7 Å². The number of nitrogens with zero attached hydrogens (tertiary/aromatic N) is 1. The first-order chi connectivity index (χ1) is 11.2. The Balaban J connectivity index is 1.23. The molecule has 1 aromatic heterocycles. The van der Waals surface area contributed by atoms with Gasteiger partial charge in [-0.25, -0.2) is 0 Å². The lowest BCUT2D eigenvalue weighted by Gasteiger charge is -2.35. The molecule has 2 aromatic rings. The molecular formula is C18H22N4O. The lowest BCUT2D eigenvalue weighted by atomic mass is 9.78. The summed E-state index contributed by atoms with van der Waals surface area (Å²) in [5.41, 5.74) is 9.48. The van der Waals surface area contributed by atoms with Crippen molar-refractivity contribution in [3.05, 3.63) is 47.2 Å². The zero-order chi connectivity index (χ0) is 15.8. The van der Waals surface area contributed by atoms with E-state index >= 15 is 0 Å². The average Bonchev–Trinajstić information content (AvgIpc) is 3.07. The number of hydrogen-bond donors (Lipinski definition) is 3. The van der Waals surface area contributed by atoms with Crippen molar-refractivity contribution in [2.24, 2.45) is 5.92 Å². The first-order valence-corrected chi connectivity index (χ1v) is 8.34. The number of H-pyrrole nitrogens is 1. The molecule has 1 fully saturated rings. The summed E-state index contributed by atoms with van der Waals surface area (Å²) in [5, 5.41) is 10.1. The summed E-state index contributed by atoms with van der Waals surface area (Å²) in [6.07, 6.45) is 4.61. The second-order valence-corrected chi connectivity index (χ2v) is 6.93. The number of nitrogen functional groups attached to an aromatic ring is 1. The van der Waals surface area contributed by atoms with Crippen LogP contribution < -0.4 is 11.1 Å². The Bertz CT molecular complexity index is 692. The van der Waals surface area contributed by atoms with Crippen molar-refractivity contribution in [1.29, 1.82) is 0 Å². The molecule has 1 amide bonds. The Hall–Kier alpha value is -2.30. The standard InChI is InChI=1S/C18H22N4O/c19-17-10-16(21-22-17)14-8-15(9-14)20-18(23)7-11-5-12-3-1-2-4-13(12)6-11/h1-4,10-11,14-15H,5-9H2,(H,20,23)(H3,19,21,22)/t14-,15+. The molecule has 4 rings (SSSR count). The van der Waals surface area contributed by atoms with Gasteiger partial charge in [-0.15, -0.1) is 0 Å². The summed E-state index contributed by atoms with van der Waals surface area (Å²) in [6.45, 7) is 0. The number of fused-ring (bicyclic) bond motifs is 1. The van der Waals surface area contributed by atoms with Gasteiger partial charge in [-0.2, -0.15) is 5.10 Å². The highest BCUT2D eigenvalue weighted by Crippen LogP contribution is 2.36. The fourth-order valence-electron chi connectivity index (χ4n) is 3.88. The Morgan fingerprint density at radius 2 is 1.96 bits per heavy atom. The summed E-state index contributed by atoms with van der Waals surface area (Å²) in [5.74, 6) is 1.67. The molecule has 0 bridgehead atoms. The summed E-state index contributed by atoms with van der Waals surface area (Å²) in [7, 11) is 0. The SMILES string of the molecule is Nc1cc([C@H]2C[C@@H](NC(=O)CC3Cc4ccccc4C3)C2)n[nH]1. The predicted molar refractivity (Wildman–Crippen MR) is 88.9 cm³/mol. The minimum absolute atomic E-state index is 0.188. The molecule has 1 saturated carbocycles. The number of anilines is 1. The van der Waals surface area contributed by atoms with Gasteiger partial charge in [0.1, 0.15) is 5.82 Å². The molecule has 2 aliphatic carbocycles. The van der Waals surface area contributed by atoms with Crippen molar-refractivity contribution in [3.8, 4) is 0 Å². The molecule has 0 saturated heterocycles. The first-order valence-electron chi connectivity index (χ1n) is 8.34. The topological polar surface area (TPSA) is 83.8 Å². The van der Waals surface area contributed by atoms with Gasteiger partial charge >= 0.3 is 0 Å². The summed E-state index contributed by atoms with van der Waals surface area (Å²) in [6, 6.07) is 10.7. The van der Waals surface area contributed by atoms with Crippen LogP contribution in [0.15, 0.2) is 30.3 Å². The van der Waals surface area contributed by atoms with Gasteiger partial charge in [0.25, 0.3) is 0 Å². The number of nitrogens with two attached hydrogens (primary N) is 1. The highest BCUT2D eigenvalue weighted by Gasteiger charge is 2.33. The van der Waals surface area contributed by atoms with E-state index in [-0.39, 0.29) is 11.9 Å². The maximum absolute atomic E-state index is 12.2. The minimum Gasteiger partial charge on any atom is -0.384 e. The van der Waals surface area contributed by atoms with Crippen LogP contribution in [0.3, 0.4) is 0 Å². The molecule has 5 nitrogen and oxygen atoms in total. The third-order valence-corrected chi connectivity index (χ3v) is 5.15. The van der Waals surface area contributed by atoms with Crippen molar-refractivity contribution in [1.82, 2.24) is 15.5 Å². The number of carbonyl (C=O) groups is 1. The van der Waals surface area contributed by atoms with Crippen molar-refractivity contribution in [3.63, 3.8) is 0 Å². The number of rotatable bonds is 4. The van der Waals surface area contributed by atoms with Crippen LogP contribution in [0.1, 0.15) is 42.0 Å². The van der Waals surface area contributed by atoms with E-state index in [0.29, 0.717) is 24.1 Å². The summed E-state index contributed by atoms with van der Waals surface area (Å²) in [4.78, 5) is 12.2. The largest absolute Gasteiger partial charge is 0.384 e. The lowest BCUT2D eigenvalue weighted by molar-refractivity contribution is -0.123. The van der Waals surface area contributed by atoms with E-state index < -0.39 is 0 Å². The lowest BCUT2D eigenvalue weighted by Crippen LogP contribution is -2.44. The van der Waals surface area contributed by atoms with Gasteiger partial charge < -0.3 is 11.1 Å². The van der Waals surface area contributed by atoms with E-state index in [2.05, 4.69) is 39.8 Å².